The van der Waals surface area contributed by atoms with E-state index in [0.717, 1.165) is 0 Å². The van der Waals surface area contributed by atoms with Crippen LogP contribution in [0.15, 0.2) is 53.4 Å². The van der Waals surface area contributed by atoms with Crippen molar-refractivity contribution in [1.82, 2.24) is 4.72 Å². The van der Waals surface area contributed by atoms with Crippen LogP contribution in [0.2, 0.25) is 0 Å². The molecule has 0 aliphatic heterocycles. The average molecular weight is 294 g/mol. The van der Waals surface area contributed by atoms with Crippen molar-refractivity contribution < 1.29 is 12.8 Å². The van der Waals surface area contributed by atoms with Gasteiger partial charge in [-0.05, 0) is 42.8 Å². The van der Waals surface area contributed by atoms with E-state index in [-0.39, 0.29) is 10.7 Å². The fraction of sp³-hybridized carbons (Fsp3) is 0.143. The standard InChI is InChI=1S/C14H15FN2O2S/c1-10(11-5-7-12(15)8-6-11)17-20(18,19)14-4-2-3-13(16)9-14/h2-10,17H,16H2,1H3. The van der Waals surface area contributed by atoms with E-state index in [1.807, 2.05) is 0 Å². The van der Waals surface area contributed by atoms with Gasteiger partial charge >= 0.3 is 0 Å². The summed E-state index contributed by atoms with van der Waals surface area (Å²) in [5.74, 6) is -0.361. The molecule has 0 saturated carbocycles. The van der Waals surface area contributed by atoms with Gasteiger partial charge < -0.3 is 5.73 Å². The zero-order valence-corrected chi connectivity index (χ0v) is 11.7. The fourth-order valence-corrected chi connectivity index (χ4v) is 3.09. The van der Waals surface area contributed by atoms with Crippen molar-refractivity contribution in [3.05, 3.63) is 59.9 Å². The molecule has 0 aliphatic rings. The van der Waals surface area contributed by atoms with Crippen LogP contribution in [-0.4, -0.2) is 8.42 Å². The maximum atomic E-state index is 12.8. The van der Waals surface area contributed by atoms with E-state index in [1.165, 1.54) is 24.3 Å². The minimum Gasteiger partial charge on any atom is -0.399 e. The van der Waals surface area contributed by atoms with Crippen LogP contribution < -0.4 is 10.5 Å². The van der Waals surface area contributed by atoms with Gasteiger partial charge in [0.25, 0.3) is 0 Å². The Morgan fingerprint density at radius 3 is 2.40 bits per heavy atom. The summed E-state index contributed by atoms with van der Waals surface area (Å²) in [5, 5.41) is 0. The fourth-order valence-electron chi connectivity index (χ4n) is 1.80. The first-order chi connectivity index (χ1) is 9.38. The summed E-state index contributed by atoms with van der Waals surface area (Å²) in [6, 6.07) is 11.2. The molecule has 2 rings (SSSR count). The molecule has 2 aromatic rings. The summed E-state index contributed by atoms with van der Waals surface area (Å²) in [4.78, 5) is 0.103. The van der Waals surface area contributed by atoms with Gasteiger partial charge in [0.1, 0.15) is 5.82 Å². The molecule has 0 heterocycles. The Balaban J connectivity index is 2.22. The quantitative estimate of drug-likeness (QED) is 0.851. The van der Waals surface area contributed by atoms with Crippen molar-refractivity contribution in [1.29, 1.82) is 0 Å². The molecule has 106 valence electrons. The molecule has 6 heteroatoms. The first-order valence-corrected chi connectivity index (χ1v) is 7.50. The van der Waals surface area contributed by atoms with Crippen molar-refractivity contribution in [2.45, 2.75) is 17.9 Å². The second-order valence-corrected chi connectivity index (χ2v) is 6.18. The molecule has 0 radical (unpaired) electrons. The van der Waals surface area contributed by atoms with Gasteiger partial charge in [0, 0.05) is 11.7 Å². The van der Waals surface area contributed by atoms with E-state index >= 15 is 0 Å². The van der Waals surface area contributed by atoms with E-state index in [0.29, 0.717) is 11.3 Å². The third kappa shape index (κ3) is 3.34. The highest BCUT2D eigenvalue weighted by Crippen LogP contribution is 2.18. The highest BCUT2D eigenvalue weighted by Gasteiger charge is 2.18. The Bertz CT molecular complexity index is 699. The number of rotatable bonds is 4. The summed E-state index contributed by atoms with van der Waals surface area (Å²) in [6.07, 6.45) is 0. The number of nitrogens with two attached hydrogens (primary N) is 1. The summed E-state index contributed by atoms with van der Waals surface area (Å²) >= 11 is 0. The Morgan fingerprint density at radius 2 is 1.80 bits per heavy atom. The highest BCUT2D eigenvalue weighted by molar-refractivity contribution is 7.89. The summed E-state index contributed by atoms with van der Waals surface area (Å²) in [6.45, 7) is 1.69. The van der Waals surface area contributed by atoms with Gasteiger partial charge in [0.15, 0.2) is 0 Å². The van der Waals surface area contributed by atoms with Crippen molar-refractivity contribution >= 4 is 15.7 Å². The normalized spacial score (nSPS) is 13.1. The van der Waals surface area contributed by atoms with Gasteiger partial charge in [-0.2, -0.15) is 0 Å². The number of anilines is 1. The molecular formula is C14H15FN2O2S. The van der Waals surface area contributed by atoms with Gasteiger partial charge in [-0.1, -0.05) is 18.2 Å². The summed E-state index contributed by atoms with van der Waals surface area (Å²) in [5.41, 5.74) is 6.64. The topological polar surface area (TPSA) is 72.2 Å². The second-order valence-electron chi connectivity index (χ2n) is 4.47. The number of benzene rings is 2. The Labute approximate surface area is 117 Å². The van der Waals surface area contributed by atoms with Crippen LogP contribution in [0.25, 0.3) is 0 Å². The Kier molecular flexibility index (Phi) is 4.06. The van der Waals surface area contributed by atoms with E-state index in [2.05, 4.69) is 4.72 Å². The lowest BCUT2D eigenvalue weighted by Gasteiger charge is -2.15. The maximum Gasteiger partial charge on any atom is 0.241 e. The summed E-state index contributed by atoms with van der Waals surface area (Å²) < 4.78 is 39.8. The molecule has 0 bridgehead atoms. The first kappa shape index (κ1) is 14.5. The van der Waals surface area contributed by atoms with Gasteiger partial charge in [-0.15, -0.1) is 0 Å². The molecule has 2 aromatic carbocycles. The molecule has 4 nitrogen and oxygen atoms in total. The Hall–Kier alpha value is -1.92. The molecule has 3 N–H and O–H groups in total. The molecule has 1 atom stereocenters. The molecule has 0 amide bonds. The van der Waals surface area contributed by atoms with Crippen LogP contribution >= 0.6 is 0 Å². The SMILES string of the molecule is CC(NS(=O)(=O)c1cccc(N)c1)c1ccc(F)cc1. The van der Waals surface area contributed by atoms with Crippen LogP contribution in [-0.2, 0) is 10.0 Å². The van der Waals surface area contributed by atoms with Gasteiger partial charge in [-0.3, -0.25) is 0 Å². The lowest BCUT2D eigenvalue weighted by molar-refractivity contribution is 0.566. The number of nitrogens with one attached hydrogen (secondary N) is 1. The first-order valence-electron chi connectivity index (χ1n) is 6.02. The van der Waals surface area contributed by atoms with Crippen molar-refractivity contribution in [2.24, 2.45) is 0 Å². The van der Waals surface area contributed by atoms with Crippen molar-refractivity contribution in [3.8, 4) is 0 Å². The number of nitrogen functional groups attached to an aromatic ring is 1. The number of hydrogen-bond donors (Lipinski definition) is 2. The molecular weight excluding hydrogens is 279 g/mol. The second kappa shape index (κ2) is 5.60. The summed E-state index contributed by atoms with van der Waals surface area (Å²) in [7, 11) is -3.66. The molecule has 0 saturated heterocycles. The van der Waals surface area contributed by atoms with Gasteiger partial charge in [0.2, 0.25) is 10.0 Å². The predicted octanol–water partition coefficient (Wildman–Crippen LogP) is 2.45. The molecule has 0 spiro atoms. The number of hydrogen-bond acceptors (Lipinski definition) is 3. The number of sulfonamides is 1. The molecule has 0 fully saturated rings. The van der Waals surface area contributed by atoms with E-state index in [4.69, 9.17) is 5.73 Å². The van der Waals surface area contributed by atoms with Gasteiger partial charge in [-0.25, -0.2) is 17.5 Å². The third-order valence-electron chi connectivity index (χ3n) is 2.87. The average Bonchev–Trinajstić information content (AvgIpc) is 2.39. The lowest BCUT2D eigenvalue weighted by Crippen LogP contribution is -2.26. The van der Waals surface area contributed by atoms with E-state index in [1.54, 1.807) is 31.2 Å². The van der Waals surface area contributed by atoms with Gasteiger partial charge in [0.05, 0.1) is 4.90 Å². The van der Waals surface area contributed by atoms with Crippen molar-refractivity contribution in [3.63, 3.8) is 0 Å². The predicted molar refractivity (Wildman–Crippen MR) is 76.0 cm³/mol. The van der Waals surface area contributed by atoms with Crippen LogP contribution in [0, 0.1) is 5.82 Å². The lowest BCUT2D eigenvalue weighted by atomic mass is 10.1. The van der Waals surface area contributed by atoms with Crippen molar-refractivity contribution in [2.75, 3.05) is 5.73 Å². The highest BCUT2D eigenvalue weighted by atomic mass is 32.2. The smallest absolute Gasteiger partial charge is 0.241 e. The minimum atomic E-state index is -3.66. The van der Waals surface area contributed by atoms with E-state index in [9.17, 15) is 12.8 Å². The molecule has 20 heavy (non-hydrogen) atoms. The monoisotopic (exact) mass is 294 g/mol. The maximum absolute atomic E-state index is 12.8. The van der Waals surface area contributed by atoms with Crippen LogP contribution in [0.1, 0.15) is 18.5 Å². The molecule has 1 unspecified atom stereocenters. The Morgan fingerprint density at radius 1 is 1.15 bits per heavy atom. The van der Waals surface area contributed by atoms with E-state index < -0.39 is 16.1 Å². The molecule has 0 aromatic heterocycles. The third-order valence-corrected chi connectivity index (χ3v) is 4.41. The number of halogens is 1. The van der Waals surface area contributed by atoms with Crippen LogP contribution in [0.4, 0.5) is 10.1 Å². The molecule has 0 aliphatic carbocycles. The largest absolute Gasteiger partial charge is 0.399 e. The zero-order chi connectivity index (χ0) is 14.8. The zero-order valence-electron chi connectivity index (χ0n) is 10.9. The minimum absolute atomic E-state index is 0.103. The van der Waals surface area contributed by atoms with Crippen LogP contribution in [0.3, 0.4) is 0 Å². The van der Waals surface area contributed by atoms with Crippen LogP contribution in [0.5, 0.6) is 0 Å².